The highest BCUT2D eigenvalue weighted by Gasteiger charge is 2.14. The molecule has 1 amide bonds. The van der Waals surface area contributed by atoms with Gasteiger partial charge in [-0.15, -0.1) is 0 Å². The molecular weight excluding hydrogens is 344 g/mol. The summed E-state index contributed by atoms with van der Waals surface area (Å²) >= 11 is 0. The molecule has 6 nitrogen and oxygen atoms in total. The van der Waals surface area contributed by atoms with Gasteiger partial charge in [-0.25, -0.2) is 4.98 Å². The Morgan fingerprint density at radius 3 is 2.44 bits per heavy atom. The highest BCUT2D eigenvalue weighted by atomic mass is 16.5. The number of nitrogens with one attached hydrogen (secondary N) is 1. The highest BCUT2D eigenvalue weighted by Crippen LogP contribution is 2.21. The van der Waals surface area contributed by atoms with Crippen molar-refractivity contribution in [1.82, 2.24) is 10.3 Å². The van der Waals surface area contributed by atoms with Gasteiger partial charge in [-0.3, -0.25) is 9.59 Å². The maximum absolute atomic E-state index is 12.0. The summed E-state index contributed by atoms with van der Waals surface area (Å²) in [5.74, 6) is 0.201. The van der Waals surface area contributed by atoms with Gasteiger partial charge in [0.05, 0.1) is 0 Å². The minimum absolute atomic E-state index is 0.0125. The molecule has 1 aromatic heterocycles. The molecule has 138 valence electrons. The first-order valence-electron chi connectivity index (χ1n) is 8.55. The number of amides is 1. The predicted molar refractivity (Wildman–Crippen MR) is 100.0 cm³/mol. The van der Waals surface area contributed by atoms with Crippen LogP contribution in [0.5, 0.6) is 0 Å². The van der Waals surface area contributed by atoms with Gasteiger partial charge in [-0.1, -0.05) is 35.9 Å². The molecule has 3 aromatic rings. The van der Waals surface area contributed by atoms with E-state index in [0.717, 1.165) is 11.1 Å². The highest BCUT2D eigenvalue weighted by molar-refractivity contribution is 5.95. The van der Waals surface area contributed by atoms with E-state index in [0.29, 0.717) is 22.9 Å². The molecule has 0 saturated carbocycles. The Balaban J connectivity index is 1.51. The molecule has 2 aromatic carbocycles. The van der Waals surface area contributed by atoms with Gasteiger partial charge in [0.1, 0.15) is 24.6 Å². The molecule has 0 aliphatic carbocycles. The van der Waals surface area contributed by atoms with Gasteiger partial charge < -0.3 is 14.5 Å². The fourth-order valence-electron chi connectivity index (χ4n) is 2.43. The molecule has 27 heavy (non-hydrogen) atoms. The van der Waals surface area contributed by atoms with Crippen LogP contribution in [0.2, 0.25) is 0 Å². The number of benzene rings is 2. The number of aryl methyl sites for hydroxylation is 2. The lowest BCUT2D eigenvalue weighted by Gasteiger charge is -2.06. The third-order valence-corrected chi connectivity index (χ3v) is 3.99. The molecule has 0 bridgehead atoms. The quantitative estimate of drug-likeness (QED) is 0.678. The van der Waals surface area contributed by atoms with Crippen LogP contribution in [-0.4, -0.2) is 23.4 Å². The molecule has 0 aliphatic heterocycles. The molecule has 0 spiro atoms. The van der Waals surface area contributed by atoms with Gasteiger partial charge in [-0.2, -0.15) is 0 Å². The van der Waals surface area contributed by atoms with Crippen molar-refractivity contribution in [1.29, 1.82) is 0 Å². The zero-order valence-electron chi connectivity index (χ0n) is 15.2. The van der Waals surface area contributed by atoms with Crippen LogP contribution in [0.15, 0.2) is 59.0 Å². The number of esters is 1. The van der Waals surface area contributed by atoms with E-state index in [1.165, 1.54) is 0 Å². The van der Waals surface area contributed by atoms with Crippen LogP contribution in [0.25, 0.3) is 11.5 Å². The van der Waals surface area contributed by atoms with Crippen LogP contribution < -0.4 is 5.32 Å². The first-order chi connectivity index (χ1) is 13.0. The molecule has 0 atom stereocenters. The minimum atomic E-state index is -0.542. The van der Waals surface area contributed by atoms with Crippen molar-refractivity contribution in [2.24, 2.45) is 0 Å². The number of ether oxygens (including phenoxy) is 1. The van der Waals surface area contributed by atoms with E-state index >= 15 is 0 Å². The van der Waals surface area contributed by atoms with E-state index in [2.05, 4.69) is 10.3 Å². The lowest BCUT2D eigenvalue weighted by molar-refractivity contribution is -0.143. The van der Waals surface area contributed by atoms with Crippen LogP contribution in [0.1, 0.15) is 27.4 Å². The Kier molecular flexibility index (Phi) is 5.66. The monoisotopic (exact) mass is 364 g/mol. The summed E-state index contributed by atoms with van der Waals surface area (Å²) in [5.41, 5.74) is 2.95. The summed E-state index contributed by atoms with van der Waals surface area (Å²) in [4.78, 5) is 28.3. The van der Waals surface area contributed by atoms with Crippen molar-refractivity contribution >= 4 is 11.9 Å². The zero-order chi connectivity index (χ0) is 19.2. The van der Waals surface area contributed by atoms with E-state index in [9.17, 15) is 9.59 Å². The van der Waals surface area contributed by atoms with Crippen molar-refractivity contribution in [3.05, 3.63) is 77.2 Å². The summed E-state index contributed by atoms with van der Waals surface area (Å²) < 4.78 is 10.8. The average Bonchev–Trinajstić information content (AvgIpc) is 3.06. The fraction of sp³-hybridized carbons (Fsp3) is 0.190. The molecule has 6 heteroatoms. The maximum atomic E-state index is 12.0. The second kappa shape index (κ2) is 8.31. The van der Waals surface area contributed by atoms with Gasteiger partial charge >= 0.3 is 5.97 Å². The summed E-state index contributed by atoms with van der Waals surface area (Å²) in [6.45, 7) is 3.48. The van der Waals surface area contributed by atoms with Gasteiger partial charge in [0.25, 0.3) is 5.91 Å². The van der Waals surface area contributed by atoms with Crippen LogP contribution in [-0.2, 0) is 16.1 Å². The van der Waals surface area contributed by atoms with Crippen LogP contribution in [0.4, 0.5) is 0 Å². The third kappa shape index (κ3) is 4.82. The van der Waals surface area contributed by atoms with E-state index in [4.69, 9.17) is 9.15 Å². The first kappa shape index (κ1) is 18.4. The average molecular weight is 364 g/mol. The molecule has 0 radical (unpaired) electrons. The van der Waals surface area contributed by atoms with Gasteiger partial charge in [0.2, 0.25) is 5.89 Å². The SMILES string of the molecule is Cc1ccc(C(=O)NCC(=O)OCc2nc(-c3ccccc3)oc2C)cc1. The number of carbonyl (C=O) groups excluding carboxylic acids is 2. The molecule has 3 rings (SSSR count). The number of aromatic nitrogens is 1. The molecule has 0 fully saturated rings. The number of hydrogen-bond donors (Lipinski definition) is 1. The summed E-state index contributed by atoms with van der Waals surface area (Å²) in [5, 5.41) is 2.54. The standard InChI is InChI=1S/C21H20N2O4/c1-14-8-10-16(11-9-14)20(25)22-12-19(24)26-13-18-15(2)27-21(23-18)17-6-4-3-5-7-17/h3-11H,12-13H2,1-2H3,(H,22,25). The fourth-order valence-corrected chi connectivity index (χ4v) is 2.43. The largest absolute Gasteiger partial charge is 0.458 e. The molecule has 0 aliphatic rings. The van der Waals surface area contributed by atoms with E-state index in [1.807, 2.05) is 49.4 Å². The Morgan fingerprint density at radius 2 is 1.74 bits per heavy atom. The molecule has 0 unspecified atom stereocenters. The van der Waals surface area contributed by atoms with Crippen LogP contribution in [0.3, 0.4) is 0 Å². The lowest BCUT2D eigenvalue weighted by atomic mass is 10.1. The van der Waals surface area contributed by atoms with Crippen molar-refractivity contribution in [3.8, 4) is 11.5 Å². The Bertz CT molecular complexity index is 931. The van der Waals surface area contributed by atoms with Crippen LogP contribution in [0, 0.1) is 13.8 Å². The van der Waals surface area contributed by atoms with Gasteiger partial charge in [0, 0.05) is 11.1 Å². The second-order valence-electron chi connectivity index (χ2n) is 6.10. The van der Waals surface area contributed by atoms with Gasteiger partial charge in [0.15, 0.2) is 0 Å². The van der Waals surface area contributed by atoms with Gasteiger partial charge in [-0.05, 0) is 38.1 Å². The van der Waals surface area contributed by atoms with Crippen molar-refractivity contribution in [3.63, 3.8) is 0 Å². The Hall–Kier alpha value is -3.41. The summed E-state index contributed by atoms with van der Waals surface area (Å²) in [6, 6.07) is 16.6. The number of hydrogen-bond acceptors (Lipinski definition) is 5. The van der Waals surface area contributed by atoms with Crippen LogP contribution >= 0.6 is 0 Å². The number of oxazole rings is 1. The molecule has 1 heterocycles. The van der Waals surface area contributed by atoms with Crippen molar-refractivity contribution in [2.75, 3.05) is 6.54 Å². The summed E-state index contributed by atoms with van der Waals surface area (Å²) in [7, 11) is 0. The first-order valence-corrected chi connectivity index (χ1v) is 8.55. The van der Waals surface area contributed by atoms with Crippen molar-refractivity contribution in [2.45, 2.75) is 20.5 Å². The normalized spacial score (nSPS) is 10.4. The predicted octanol–water partition coefficient (Wildman–Crippen LogP) is 3.43. The maximum Gasteiger partial charge on any atom is 0.325 e. The van der Waals surface area contributed by atoms with E-state index in [-0.39, 0.29) is 19.1 Å². The number of rotatable bonds is 6. The third-order valence-electron chi connectivity index (χ3n) is 3.99. The van der Waals surface area contributed by atoms with E-state index in [1.54, 1.807) is 19.1 Å². The molecular formula is C21H20N2O4. The van der Waals surface area contributed by atoms with E-state index < -0.39 is 5.97 Å². The number of nitrogens with zero attached hydrogens (tertiary/aromatic N) is 1. The topological polar surface area (TPSA) is 81.4 Å². The smallest absolute Gasteiger partial charge is 0.325 e. The zero-order valence-corrected chi connectivity index (χ0v) is 15.2. The molecule has 1 N–H and O–H groups in total. The number of carbonyl (C=O) groups is 2. The second-order valence-corrected chi connectivity index (χ2v) is 6.10. The Morgan fingerprint density at radius 1 is 1.04 bits per heavy atom. The summed E-state index contributed by atoms with van der Waals surface area (Å²) in [6.07, 6.45) is 0. The van der Waals surface area contributed by atoms with Crippen molar-refractivity contribution < 1.29 is 18.7 Å². The minimum Gasteiger partial charge on any atom is -0.458 e. The Labute approximate surface area is 157 Å². The lowest BCUT2D eigenvalue weighted by Crippen LogP contribution is -2.30. The molecule has 0 saturated heterocycles.